The highest BCUT2D eigenvalue weighted by atomic mass is 35.5. The number of nitrogens with one attached hydrogen (secondary N) is 1. The molecule has 1 N–H and O–H groups in total. The van der Waals surface area contributed by atoms with E-state index in [2.05, 4.69) is 11.4 Å². The van der Waals surface area contributed by atoms with Crippen LogP contribution in [0.4, 0.5) is 5.69 Å². The number of halogens is 1. The first kappa shape index (κ1) is 26.6. The van der Waals surface area contributed by atoms with E-state index in [0.29, 0.717) is 23.7 Å². The summed E-state index contributed by atoms with van der Waals surface area (Å²) in [5.74, 6) is -0.0690. The van der Waals surface area contributed by atoms with Crippen molar-refractivity contribution in [3.05, 3.63) is 100 Å². The van der Waals surface area contributed by atoms with Crippen LogP contribution in [-0.4, -0.2) is 42.1 Å². The molecule has 5 nitrogen and oxygen atoms in total. The smallest absolute Gasteiger partial charge is 0.253 e. The first-order valence-corrected chi connectivity index (χ1v) is 13.4. The second-order valence-corrected chi connectivity index (χ2v) is 9.78. The molecule has 0 spiro atoms. The quantitative estimate of drug-likeness (QED) is 0.342. The minimum atomic E-state index is -0.0924. The van der Waals surface area contributed by atoms with E-state index in [1.165, 1.54) is 0 Å². The van der Waals surface area contributed by atoms with Gasteiger partial charge in [-0.05, 0) is 86.2 Å². The van der Waals surface area contributed by atoms with Crippen molar-refractivity contribution in [2.24, 2.45) is 4.99 Å². The molecule has 2 amide bonds. The highest BCUT2D eigenvalue weighted by Crippen LogP contribution is 2.32. The Kier molecular flexibility index (Phi) is 9.13. The maximum absolute atomic E-state index is 12.8. The standard InChI is InChI=1S/C31H34ClN3O2/c1-3-35(4-2)31(37)24-16-14-23(15-17-24)30(28-13-5-6-18-33-28)25-10-8-12-27(21-25)34-29(36)20-22-9-7-11-26(32)19-22/h7-12,14-17,19,21,30H,3-6,13,18,20H2,1-2H3,(H,34,36). The van der Waals surface area contributed by atoms with Crippen LogP contribution in [0.15, 0.2) is 77.8 Å². The Hall–Kier alpha value is -3.44. The highest BCUT2D eigenvalue weighted by Gasteiger charge is 2.23. The monoisotopic (exact) mass is 515 g/mol. The summed E-state index contributed by atoms with van der Waals surface area (Å²) in [5, 5.41) is 3.66. The van der Waals surface area contributed by atoms with E-state index < -0.39 is 0 Å². The SMILES string of the molecule is CCN(CC)C(=O)c1ccc(C(C2=NCCCC2)c2cccc(NC(=O)Cc3cccc(Cl)c3)c2)cc1. The maximum atomic E-state index is 12.8. The van der Waals surface area contributed by atoms with Gasteiger partial charge in [-0.2, -0.15) is 0 Å². The molecule has 0 bridgehead atoms. The second kappa shape index (κ2) is 12.7. The molecular formula is C31H34ClN3O2. The predicted octanol–water partition coefficient (Wildman–Crippen LogP) is 6.76. The minimum absolute atomic E-state index is 0.0253. The molecule has 6 heteroatoms. The Morgan fingerprint density at radius 3 is 2.38 bits per heavy atom. The fourth-order valence-corrected chi connectivity index (χ4v) is 5.09. The molecule has 0 saturated heterocycles. The lowest BCUT2D eigenvalue weighted by atomic mass is 9.83. The van der Waals surface area contributed by atoms with Gasteiger partial charge in [0, 0.05) is 47.5 Å². The van der Waals surface area contributed by atoms with Crippen LogP contribution in [0.2, 0.25) is 5.02 Å². The largest absolute Gasteiger partial charge is 0.339 e. The van der Waals surface area contributed by atoms with Gasteiger partial charge in [-0.3, -0.25) is 14.6 Å². The molecular weight excluding hydrogens is 482 g/mol. The number of aliphatic imine (C=N–C) groups is 1. The number of nitrogens with zero attached hydrogens (tertiary/aromatic N) is 2. The van der Waals surface area contributed by atoms with Crippen molar-refractivity contribution in [1.29, 1.82) is 0 Å². The van der Waals surface area contributed by atoms with Crippen LogP contribution in [-0.2, 0) is 11.2 Å². The van der Waals surface area contributed by atoms with Crippen LogP contribution in [0.5, 0.6) is 0 Å². The molecule has 3 aromatic carbocycles. The number of hydrogen-bond acceptors (Lipinski definition) is 3. The van der Waals surface area contributed by atoms with Crippen molar-refractivity contribution in [3.63, 3.8) is 0 Å². The minimum Gasteiger partial charge on any atom is -0.339 e. The zero-order valence-corrected chi connectivity index (χ0v) is 22.3. The fraction of sp³-hybridized carbons (Fsp3) is 0.323. The Morgan fingerprint density at radius 1 is 0.946 bits per heavy atom. The normalized spacial score (nSPS) is 14.0. The molecule has 3 aromatic rings. The number of anilines is 1. The van der Waals surface area contributed by atoms with Crippen LogP contribution in [0.25, 0.3) is 0 Å². The Bertz CT molecular complexity index is 1270. The Morgan fingerprint density at radius 2 is 1.70 bits per heavy atom. The third kappa shape index (κ3) is 6.86. The van der Waals surface area contributed by atoms with Gasteiger partial charge in [-0.15, -0.1) is 0 Å². The molecule has 0 aliphatic carbocycles. The van der Waals surface area contributed by atoms with Crippen LogP contribution in [0, 0.1) is 0 Å². The Labute approximate surface area is 224 Å². The zero-order chi connectivity index (χ0) is 26.2. The second-order valence-electron chi connectivity index (χ2n) is 9.34. The van der Waals surface area contributed by atoms with Gasteiger partial charge < -0.3 is 10.2 Å². The summed E-state index contributed by atoms with van der Waals surface area (Å²) in [6.07, 6.45) is 3.41. The van der Waals surface area contributed by atoms with E-state index in [1.54, 1.807) is 6.07 Å². The topological polar surface area (TPSA) is 61.8 Å². The molecule has 1 aliphatic rings. The summed E-state index contributed by atoms with van der Waals surface area (Å²) in [5.41, 5.74) is 5.63. The third-order valence-corrected chi connectivity index (χ3v) is 7.02. The van der Waals surface area contributed by atoms with Crippen molar-refractivity contribution in [3.8, 4) is 0 Å². The molecule has 0 radical (unpaired) electrons. The molecule has 1 heterocycles. The summed E-state index contributed by atoms with van der Waals surface area (Å²) < 4.78 is 0. The molecule has 4 rings (SSSR count). The molecule has 0 saturated carbocycles. The number of carbonyl (C=O) groups is 2. The molecule has 192 valence electrons. The zero-order valence-electron chi connectivity index (χ0n) is 21.5. The molecule has 1 unspecified atom stereocenters. The van der Waals surface area contributed by atoms with Gasteiger partial charge in [0.25, 0.3) is 5.91 Å². The average Bonchev–Trinajstić information content (AvgIpc) is 2.91. The lowest BCUT2D eigenvalue weighted by Crippen LogP contribution is -2.30. The lowest BCUT2D eigenvalue weighted by Gasteiger charge is -2.24. The van der Waals surface area contributed by atoms with E-state index in [4.69, 9.17) is 16.6 Å². The van der Waals surface area contributed by atoms with Crippen molar-refractivity contribution in [2.75, 3.05) is 25.0 Å². The summed E-state index contributed by atoms with van der Waals surface area (Å²) in [6.45, 7) is 6.20. The molecule has 1 atom stereocenters. The number of benzene rings is 3. The van der Waals surface area contributed by atoms with Gasteiger partial charge in [-0.1, -0.05) is 48.0 Å². The number of carbonyl (C=O) groups excluding carboxylic acids is 2. The van der Waals surface area contributed by atoms with Crippen LogP contribution < -0.4 is 5.32 Å². The van der Waals surface area contributed by atoms with E-state index in [0.717, 1.165) is 53.9 Å². The van der Waals surface area contributed by atoms with E-state index in [1.807, 2.05) is 79.4 Å². The molecule has 0 aromatic heterocycles. The number of amides is 2. The lowest BCUT2D eigenvalue weighted by molar-refractivity contribution is -0.115. The van der Waals surface area contributed by atoms with Crippen molar-refractivity contribution < 1.29 is 9.59 Å². The van der Waals surface area contributed by atoms with Crippen LogP contribution in [0.1, 0.15) is 66.1 Å². The first-order valence-electron chi connectivity index (χ1n) is 13.0. The van der Waals surface area contributed by atoms with Crippen LogP contribution >= 0.6 is 11.6 Å². The third-order valence-electron chi connectivity index (χ3n) is 6.79. The summed E-state index contributed by atoms with van der Waals surface area (Å²) in [4.78, 5) is 32.3. The predicted molar refractivity (Wildman–Crippen MR) is 152 cm³/mol. The average molecular weight is 516 g/mol. The Balaban J connectivity index is 1.59. The van der Waals surface area contributed by atoms with Gasteiger partial charge in [0.2, 0.25) is 5.91 Å². The van der Waals surface area contributed by atoms with Gasteiger partial charge in [0.1, 0.15) is 0 Å². The van der Waals surface area contributed by atoms with Crippen molar-refractivity contribution in [1.82, 2.24) is 4.90 Å². The van der Waals surface area contributed by atoms with E-state index in [9.17, 15) is 9.59 Å². The van der Waals surface area contributed by atoms with Crippen LogP contribution in [0.3, 0.4) is 0 Å². The molecule has 37 heavy (non-hydrogen) atoms. The maximum Gasteiger partial charge on any atom is 0.253 e. The summed E-state index contributed by atoms with van der Waals surface area (Å²) in [7, 11) is 0. The van der Waals surface area contributed by atoms with Gasteiger partial charge in [-0.25, -0.2) is 0 Å². The molecule has 1 aliphatic heterocycles. The van der Waals surface area contributed by atoms with Gasteiger partial charge in [0.15, 0.2) is 0 Å². The van der Waals surface area contributed by atoms with Crippen molar-refractivity contribution in [2.45, 2.75) is 45.4 Å². The van der Waals surface area contributed by atoms with E-state index in [-0.39, 0.29) is 24.2 Å². The summed E-state index contributed by atoms with van der Waals surface area (Å²) in [6, 6.07) is 23.3. The van der Waals surface area contributed by atoms with Crippen molar-refractivity contribution >= 4 is 34.8 Å². The number of hydrogen-bond donors (Lipinski definition) is 1. The molecule has 0 fully saturated rings. The van der Waals surface area contributed by atoms with Gasteiger partial charge in [0.05, 0.1) is 6.42 Å². The van der Waals surface area contributed by atoms with E-state index >= 15 is 0 Å². The number of rotatable bonds is 9. The van der Waals surface area contributed by atoms with Gasteiger partial charge >= 0.3 is 0 Å². The highest BCUT2D eigenvalue weighted by molar-refractivity contribution is 6.30. The summed E-state index contributed by atoms with van der Waals surface area (Å²) >= 11 is 6.07. The fourth-order valence-electron chi connectivity index (χ4n) is 4.88. The first-order chi connectivity index (χ1) is 18.0.